The van der Waals surface area contributed by atoms with Gasteiger partial charge in [-0.05, 0) is 46.3 Å². The first-order valence-corrected chi connectivity index (χ1v) is 12.4. The van der Waals surface area contributed by atoms with Crippen LogP contribution in [0.15, 0.2) is 86.9 Å². The number of nitro groups is 2. The number of nitrogen functional groups attached to an aromatic ring is 1. The van der Waals surface area contributed by atoms with Crippen molar-refractivity contribution in [1.29, 1.82) is 0 Å². The van der Waals surface area contributed by atoms with Crippen LogP contribution in [0.4, 0.5) is 17.1 Å². The summed E-state index contributed by atoms with van der Waals surface area (Å²) in [6.45, 7) is 0. The molecule has 0 amide bonds. The summed E-state index contributed by atoms with van der Waals surface area (Å²) in [5, 5.41) is 20.9. The van der Waals surface area contributed by atoms with Crippen LogP contribution in [0.25, 0.3) is 22.6 Å². The number of furan rings is 2. The van der Waals surface area contributed by atoms with E-state index >= 15 is 0 Å². The third-order valence-electron chi connectivity index (χ3n) is 5.08. The summed E-state index contributed by atoms with van der Waals surface area (Å²) in [5.74, 6) is 2.31. The Morgan fingerprint density at radius 2 is 1.19 bits per heavy atom. The summed E-state index contributed by atoms with van der Waals surface area (Å²) >= 11 is 3.08. The highest BCUT2D eigenvalue weighted by Crippen LogP contribution is 2.31. The molecule has 0 aliphatic rings. The van der Waals surface area contributed by atoms with Crippen LogP contribution >= 0.6 is 15.9 Å². The first-order valence-electron chi connectivity index (χ1n) is 11.6. The third kappa shape index (κ3) is 8.01. The van der Waals surface area contributed by atoms with Crippen molar-refractivity contribution >= 4 is 33.0 Å². The summed E-state index contributed by atoms with van der Waals surface area (Å²) in [5.41, 5.74) is 7.26. The molecule has 2 N–H and O–H groups in total. The van der Waals surface area contributed by atoms with E-state index in [1.807, 2.05) is 6.07 Å². The number of rotatable bonds is 7. The Morgan fingerprint density at radius 3 is 1.62 bits per heavy atom. The molecule has 0 unspecified atom stereocenters. The highest BCUT2D eigenvalue weighted by atomic mass is 79.9. The summed E-state index contributed by atoms with van der Waals surface area (Å²) in [6, 6.07) is 11.5. The molecule has 15 nitrogen and oxygen atoms in total. The summed E-state index contributed by atoms with van der Waals surface area (Å²) in [7, 11) is 4.45. The van der Waals surface area contributed by atoms with Gasteiger partial charge in [0.1, 0.15) is 23.9 Å². The van der Waals surface area contributed by atoms with Crippen molar-refractivity contribution in [2.45, 2.75) is 0 Å². The van der Waals surface area contributed by atoms with Crippen molar-refractivity contribution in [3.8, 4) is 40.3 Å². The largest absolute Gasteiger partial charge is 0.480 e. The standard InChI is InChI=1S/C10H8N2O4.C10H10N2O2.C6H5BrN2O3/c1-15-10-8(9-3-2-4-16-9)5-7(6-11-10)12(13)14;1-13-10-8(5-7(11)6-12-10)9-3-2-4-14-9;1-12-6-5(7)2-4(3-8-6)9(10)11/h2-6H,1H3;2-6H,11H2,1H3;2-3H,1H3. The molecule has 0 aliphatic heterocycles. The van der Waals surface area contributed by atoms with Gasteiger partial charge in [0, 0.05) is 12.1 Å². The minimum absolute atomic E-state index is 0.0670. The molecule has 0 aromatic carbocycles. The molecule has 0 radical (unpaired) electrons. The number of methoxy groups -OCH3 is 3. The van der Waals surface area contributed by atoms with Crippen molar-refractivity contribution in [2.24, 2.45) is 0 Å². The number of nitrogens with two attached hydrogens (primary N) is 1. The van der Waals surface area contributed by atoms with Gasteiger partial charge in [0.2, 0.25) is 17.6 Å². The van der Waals surface area contributed by atoms with Gasteiger partial charge in [-0.2, -0.15) is 0 Å². The van der Waals surface area contributed by atoms with E-state index in [2.05, 4.69) is 30.9 Å². The fraction of sp³-hybridized carbons (Fsp3) is 0.115. The van der Waals surface area contributed by atoms with E-state index in [9.17, 15) is 20.2 Å². The lowest BCUT2D eigenvalue weighted by molar-refractivity contribution is -0.385. The lowest BCUT2D eigenvalue weighted by atomic mass is 10.2. The Morgan fingerprint density at radius 1 is 0.738 bits per heavy atom. The van der Waals surface area contributed by atoms with Gasteiger partial charge >= 0.3 is 0 Å². The molecule has 0 aliphatic carbocycles. The number of pyridine rings is 3. The van der Waals surface area contributed by atoms with Crippen molar-refractivity contribution < 1.29 is 32.9 Å². The number of aromatic nitrogens is 3. The number of hydrogen-bond donors (Lipinski definition) is 1. The van der Waals surface area contributed by atoms with Gasteiger partial charge in [-0.15, -0.1) is 0 Å². The monoisotopic (exact) mass is 642 g/mol. The second-order valence-electron chi connectivity index (χ2n) is 7.73. The van der Waals surface area contributed by atoms with Crippen LogP contribution in [0.1, 0.15) is 0 Å². The smallest absolute Gasteiger partial charge is 0.288 e. The van der Waals surface area contributed by atoms with Crippen LogP contribution in [0.2, 0.25) is 0 Å². The summed E-state index contributed by atoms with van der Waals surface area (Å²) in [4.78, 5) is 31.4. The minimum Gasteiger partial charge on any atom is -0.480 e. The third-order valence-corrected chi connectivity index (χ3v) is 5.65. The Balaban J connectivity index is 0.000000175. The highest BCUT2D eigenvalue weighted by molar-refractivity contribution is 9.10. The first-order chi connectivity index (χ1) is 20.2. The summed E-state index contributed by atoms with van der Waals surface area (Å²) < 4.78 is 25.8. The number of halogens is 1. The molecule has 0 saturated heterocycles. The van der Waals surface area contributed by atoms with Gasteiger partial charge < -0.3 is 28.8 Å². The number of anilines is 1. The van der Waals surface area contributed by atoms with Gasteiger partial charge in [0.15, 0.2) is 0 Å². The molecule has 16 heteroatoms. The maximum absolute atomic E-state index is 10.6. The molecule has 42 heavy (non-hydrogen) atoms. The summed E-state index contributed by atoms with van der Waals surface area (Å²) in [6.07, 6.45) is 6.91. The average Bonchev–Trinajstić information content (AvgIpc) is 3.73. The van der Waals surface area contributed by atoms with E-state index in [0.717, 1.165) is 18.0 Å². The fourth-order valence-corrected chi connectivity index (χ4v) is 3.72. The molecule has 0 atom stereocenters. The molecule has 5 rings (SSSR count). The van der Waals surface area contributed by atoms with Crippen LogP contribution in [-0.2, 0) is 0 Å². The van der Waals surface area contributed by atoms with Gasteiger partial charge in [-0.3, -0.25) is 20.2 Å². The van der Waals surface area contributed by atoms with E-state index in [-0.39, 0.29) is 11.4 Å². The molecule has 0 spiro atoms. The fourth-order valence-electron chi connectivity index (χ4n) is 3.22. The highest BCUT2D eigenvalue weighted by Gasteiger charge is 2.16. The van der Waals surface area contributed by atoms with Crippen LogP contribution in [0.5, 0.6) is 17.6 Å². The zero-order valence-electron chi connectivity index (χ0n) is 22.3. The lowest BCUT2D eigenvalue weighted by Gasteiger charge is -2.04. The molecule has 218 valence electrons. The molecular formula is C26H23BrN6O9. The van der Waals surface area contributed by atoms with Crippen molar-refractivity contribution in [3.05, 3.63) is 98.3 Å². The van der Waals surface area contributed by atoms with Gasteiger partial charge in [-0.25, -0.2) is 15.0 Å². The number of nitrogens with zero attached hydrogens (tertiary/aromatic N) is 5. The molecule has 0 bridgehead atoms. The second kappa shape index (κ2) is 14.8. The Hall–Kier alpha value is -5.51. The maximum atomic E-state index is 10.6. The maximum Gasteiger partial charge on any atom is 0.288 e. The van der Waals surface area contributed by atoms with E-state index < -0.39 is 9.85 Å². The molecular weight excluding hydrogens is 620 g/mol. The van der Waals surface area contributed by atoms with Crippen LogP contribution in [-0.4, -0.2) is 46.1 Å². The van der Waals surface area contributed by atoms with E-state index in [1.54, 1.807) is 43.8 Å². The predicted molar refractivity (Wildman–Crippen MR) is 153 cm³/mol. The van der Waals surface area contributed by atoms with Crippen molar-refractivity contribution in [2.75, 3.05) is 27.1 Å². The topological polar surface area (TPSA) is 205 Å². The van der Waals surface area contributed by atoms with Gasteiger partial charge in [-0.1, -0.05) is 0 Å². The Kier molecular flexibility index (Phi) is 10.9. The van der Waals surface area contributed by atoms with E-state index in [4.69, 9.17) is 28.8 Å². The first kappa shape index (κ1) is 31.0. The van der Waals surface area contributed by atoms with Gasteiger partial charge in [0.05, 0.1) is 71.2 Å². The molecule has 0 saturated carbocycles. The van der Waals surface area contributed by atoms with Crippen LogP contribution < -0.4 is 19.9 Å². The molecule has 5 aromatic heterocycles. The van der Waals surface area contributed by atoms with Crippen molar-refractivity contribution in [1.82, 2.24) is 15.0 Å². The Labute approximate surface area is 246 Å². The van der Waals surface area contributed by atoms with Crippen LogP contribution in [0, 0.1) is 20.2 Å². The normalized spacial score (nSPS) is 9.90. The Bertz CT molecular complexity index is 1630. The lowest BCUT2D eigenvalue weighted by Crippen LogP contribution is -1.94. The van der Waals surface area contributed by atoms with E-state index in [1.165, 1.54) is 32.6 Å². The van der Waals surface area contributed by atoms with Gasteiger partial charge in [0.25, 0.3) is 11.4 Å². The number of ether oxygens (including phenoxy) is 3. The second-order valence-corrected chi connectivity index (χ2v) is 8.58. The molecule has 5 heterocycles. The van der Waals surface area contributed by atoms with Crippen molar-refractivity contribution in [3.63, 3.8) is 0 Å². The SMILES string of the molecule is COc1ncc(N)cc1-c1ccco1.COc1ncc([N+](=O)[O-])cc1-c1ccco1.COc1ncc([N+](=O)[O-])cc1Br. The minimum atomic E-state index is -0.517. The number of hydrogen-bond acceptors (Lipinski definition) is 13. The van der Waals surface area contributed by atoms with E-state index in [0.29, 0.717) is 44.9 Å². The quantitative estimate of drug-likeness (QED) is 0.161. The zero-order chi connectivity index (χ0) is 30.6. The average molecular weight is 643 g/mol. The zero-order valence-corrected chi connectivity index (χ0v) is 23.9. The predicted octanol–water partition coefficient (Wildman–Crippen LogP) is 5.95. The molecule has 5 aromatic rings. The molecule has 0 fully saturated rings. The van der Waals surface area contributed by atoms with Crippen LogP contribution in [0.3, 0.4) is 0 Å².